The smallest absolute Gasteiger partial charge is 0.150 e. The number of nitrogens with one attached hydrogen (secondary N) is 1. The summed E-state index contributed by atoms with van der Waals surface area (Å²) in [5.41, 5.74) is 0. The van der Waals surface area contributed by atoms with E-state index in [1.165, 1.54) is 0 Å². The highest BCUT2D eigenvalue weighted by Crippen LogP contribution is 2.29. The van der Waals surface area contributed by atoms with E-state index in [9.17, 15) is 0 Å². The van der Waals surface area contributed by atoms with Gasteiger partial charge < -0.3 is 10.4 Å². The Kier molecular flexibility index (Phi) is 7.08. The molecule has 0 saturated carbocycles. The average Bonchev–Trinajstić information content (AvgIpc) is 2.32. The first kappa shape index (κ1) is 15.8. The van der Waals surface area contributed by atoms with E-state index in [1.807, 2.05) is 0 Å². The van der Waals surface area contributed by atoms with Gasteiger partial charge in [0.2, 0.25) is 0 Å². The fourth-order valence-electron chi connectivity index (χ4n) is 1.75. The molecular weight excluding hydrogens is 295 g/mol. The zero-order valence-corrected chi connectivity index (χ0v) is 12.5. The number of hydrogen-bond acceptors (Lipinski definition) is 3. The maximum atomic E-state index is 8.99. The van der Waals surface area contributed by atoms with Gasteiger partial charge in [0.05, 0.1) is 10.0 Å². The van der Waals surface area contributed by atoms with Crippen LogP contribution >= 0.6 is 34.8 Å². The lowest BCUT2D eigenvalue weighted by molar-refractivity contribution is 0.255. The predicted octanol–water partition coefficient (Wildman–Crippen LogP) is 4.25. The van der Waals surface area contributed by atoms with E-state index in [4.69, 9.17) is 39.9 Å². The third-order valence-corrected chi connectivity index (χ3v) is 3.64. The Morgan fingerprint density at radius 3 is 2.61 bits per heavy atom. The Labute approximate surface area is 122 Å². The number of nitrogens with zero attached hydrogens (tertiary/aromatic N) is 1. The summed E-state index contributed by atoms with van der Waals surface area (Å²) >= 11 is 17.7. The van der Waals surface area contributed by atoms with Crippen LogP contribution in [0.5, 0.6) is 0 Å². The van der Waals surface area contributed by atoms with Gasteiger partial charge >= 0.3 is 0 Å². The molecule has 0 spiro atoms. The normalized spacial score (nSPS) is 12.5. The minimum atomic E-state index is 0.189. The van der Waals surface area contributed by atoms with Crippen molar-refractivity contribution >= 4 is 40.6 Å². The van der Waals surface area contributed by atoms with Gasteiger partial charge in [-0.2, -0.15) is 0 Å². The summed E-state index contributed by atoms with van der Waals surface area (Å²) in [4.78, 5) is 4.09. The van der Waals surface area contributed by atoms with Crippen LogP contribution in [-0.2, 0) is 0 Å². The summed E-state index contributed by atoms with van der Waals surface area (Å²) in [5, 5.41) is 13.2. The molecular formula is C12H17Cl3N2O. The van der Waals surface area contributed by atoms with Crippen LogP contribution in [0.15, 0.2) is 6.07 Å². The second-order valence-electron chi connectivity index (χ2n) is 4.14. The molecule has 0 aliphatic rings. The first-order chi connectivity index (χ1) is 8.58. The number of hydrogen-bond donors (Lipinski definition) is 2. The highest BCUT2D eigenvalue weighted by atomic mass is 35.5. The number of pyridine rings is 1. The zero-order valence-electron chi connectivity index (χ0n) is 10.2. The lowest BCUT2D eigenvalue weighted by Crippen LogP contribution is -2.16. The molecule has 0 fully saturated rings. The molecule has 6 heteroatoms. The van der Waals surface area contributed by atoms with Gasteiger partial charge in [-0.1, -0.05) is 48.1 Å². The van der Waals surface area contributed by atoms with E-state index in [0.717, 1.165) is 19.3 Å². The van der Waals surface area contributed by atoms with Crippen LogP contribution in [0.3, 0.4) is 0 Å². The minimum absolute atomic E-state index is 0.189. The molecule has 0 saturated heterocycles. The fourth-order valence-corrected chi connectivity index (χ4v) is 2.31. The van der Waals surface area contributed by atoms with Crippen molar-refractivity contribution in [2.24, 2.45) is 5.92 Å². The molecule has 1 heterocycles. The number of halogens is 3. The average molecular weight is 312 g/mol. The molecule has 0 aliphatic carbocycles. The van der Waals surface area contributed by atoms with Gasteiger partial charge in [0.15, 0.2) is 0 Å². The molecule has 3 nitrogen and oxygen atoms in total. The van der Waals surface area contributed by atoms with Crippen molar-refractivity contribution in [2.45, 2.75) is 26.2 Å². The van der Waals surface area contributed by atoms with Gasteiger partial charge in [-0.05, 0) is 24.8 Å². The van der Waals surface area contributed by atoms with Gasteiger partial charge in [0.25, 0.3) is 0 Å². The van der Waals surface area contributed by atoms with Gasteiger partial charge in [0.1, 0.15) is 11.0 Å². The van der Waals surface area contributed by atoms with Crippen LogP contribution in [0, 0.1) is 5.92 Å². The molecule has 0 radical (unpaired) electrons. The van der Waals surface area contributed by atoms with Crippen molar-refractivity contribution in [3.8, 4) is 0 Å². The Hall–Kier alpha value is -0.220. The summed E-state index contributed by atoms with van der Waals surface area (Å²) in [6.07, 6.45) is 2.89. The fraction of sp³-hybridized carbons (Fsp3) is 0.583. The summed E-state index contributed by atoms with van der Waals surface area (Å²) in [6.45, 7) is 3.02. The molecule has 2 N–H and O–H groups in total. The molecule has 0 aliphatic heterocycles. The van der Waals surface area contributed by atoms with Crippen molar-refractivity contribution < 1.29 is 5.11 Å². The number of rotatable bonds is 7. The molecule has 0 amide bonds. The molecule has 1 unspecified atom stereocenters. The zero-order chi connectivity index (χ0) is 13.5. The topological polar surface area (TPSA) is 45.1 Å². The van der Waals surface area contributed by atoms with E-state index in [-0.39, 0.29) is 11.8 Å². The summed E-state index contributed by atoms with van der Waals surface area (Å²) in [5.74, 6) is 0.928. The summed E-state index contributed by atoms with van der Waals surface area (Å²) in [6, 6.07) is 1.57. The SMILES string of the molecule is CCCC(CCO)CNc1nc(Cl)c(Cl)cc1Cl. The molecule has 0 aromatic carbocycles. The van der Waals surface area contributed by atoms with Crippen LogP contribution in [0.2, 0.25) is 15.2 Å². The van der Waals surface area contributed by atoms with Crippen molar-refractivity contribution in [1.82, 2.24) is 4.98 Å². The van der Waals surface area contributed by atoms with Crippen molar-refractivity contribution in [3.63, 3.8) is 0 Å². The van der Waals surface area contributed by atoms with Crippen molar-refractivity contribution in [1.29, 1.82) is 0 Å². The van der Waals surface area contributed by atoms with E-state index >= 15 is 0 Å². The predicted molar refractivity (Wildman–Crippen MR) is 77.9 cm³/mol. The Morgan fingerprint density at radius 2 is 2.00 bits per heavy atom. The number of aliphatic hydroxyl groups is 1. The quantitative estimate of drug-likeness (QED) is 0.740. The van der Waals surface area contributed by atoms with Crippen LogP contribution in [0.4, 0.5) is 5.82 Å². The monoisotopic (exact) mass is 310 g/mol. The first-order valence-electron chi connectivity index (χ1n) is 5.94. The molecule has 1 rings (SSSR count). The highest BCUT2D eigenvalue weighted by Gasteiger charge is 2.11. The lowest BCUT2D eigenvalue weighted by Gasteiger charge is -2.16. The van der Waals surface area contributed by atoms with E-state index < -0.39 is 0 Å². The molecule has 18 heavy (non-hydrogen) atoms. The van der Waals surface area contributed by atoms with E-state index in [2.05, 4.69) is 17.2 Å². The molecule has 1 aromatic heterocycles. The second-order valence-corrected chi connectivity index (χ2v) is 5.31. The Morgan fingerprint density at radius 1 is 1.28 bits per heavy atom. The third-order valence-electron chi connectivity index (χ3n) is 2.68. The van der Waals surface area contributed by atoms with Crippen molar-refractivity contribution in [2.75, 3.05) is 18.5 Å². The number of anilines is 1. The number of aliphatic hydroxyl groups excluding tert-OH is 1. The number of aromatic nitrogens is 1. The molecule has 1 aromatic rings. The highest BCUT2D eigenvalue weighted by molar-refractivity contribution is 6.42. The standard InChI is InChI=1S/C12H17Cl3N2O/c1-2-3-8(4-5-18)7-16-12-10(14)6-9(13)11(15)17-12/h6,8,18H,2-5,7H2,1H3,(H,16,17). The van der Waals surface area contributed by atoms with Crippen LogP contribution in [-0.4, -0.2) is 23.2 Å². The Bertz CT molecular complexity index is 382. The van der Waals surface area contributed by atoms with Gasteiger partial charge in [-0.25, -0.2) is 4.98 Å². The largest absolute Gasteiger partial charge is 0.396 e. The van der Waals surface area contributed by atoms with E-state index in [0.29, 0.717) is 28.3 Å². The Balaban J connectivity index is 2.64. The van der Waals surface area contributed by atoms with Gasteiger partial charge in [-0.3, -0.25) is 0 Å². The lowest BCUT2D eigenvalue weighted by atomic mass is 10.0. The van der Waals surface area contributed by atoms with Gasteiger partial charge in [0, 0.05) is 13.2 Å². The third kappa shape index (κ3) is 4.81. The van der Waals surface area contributed by atoms with Crippen molar-refractivity contribution in [3.05, 3.63) is 21.3 Å². The minimum Gasteiger partial charge on any atom is -0.396 e. The first-order valence-corrected chi connectivity index (χ1v) is 7.08. The van der Waals surface area contributed by atoms with E-state index in [1.54, 1.807) is 6.07 Å². The molecule has 0 bridgehead atoms. The maximum Gasteiger partial charge on any atom is 0.150 e. The van der Waals surface area contributed by atoms with Gasteiger partial charge in [-0.15, -0.1) is 0 Å². The molecule has 102 valence electrons. The summed E-state index contributed by atoms with van der Waals surface area (Å²) in [7, 11) is 0. The molecule has 1 atom stereocenters. The van der Waals surface area contributed by atoms with Crippen LogP contribution in [0.1, 0.15) is 26.2 Å². The summed E-state index contributed by atoms with van der Waals surface area (Å²) < 4.78 is 0. The maximum absolute atomic E-state index is 8.99. The van der Waals surface area contributed by atoms with Crippen LogP contribution in [0.25, 0.3) is 0 Å². The second kappa shape index (κ2) is 8.05. The van der Waals surface area contributed by atoms with Crippen LogP contribution < -0.4 is 5.32 Å².